The van der Waals surface area contributed by atoms with Crippen LogP contribution in [0.1, 0.15) is 149 Å². The molecule has 0 aromatic heterocycles. The lowest BCUT2D eigenvalue weighted by Gasteiger charge is -2.46. The maximum atomic E-state index is 13.5. The first-order chi connectivity index (χ1) is 21.3. The van der Waals surface area contributed by atoms with Gasteiger partial charge < -0.3 is 36.4 Å². The molecule has 3 amide bonds. The van der Waals surface area contributed by atoms with Gasteiger partial charge in [0.15, 0.2) is 6.23 Å². The summed E-state index contributed by atoms with van der Waals surface area (Å²) in [5.41, 5.74) is 5.76. The van der Waals surface area contributed by atoms with E-state index in [0.29, 0.717) is 13.1 Å². The number of rotatable bonds is 26. The molecular formula is C34H68N4O6. The number of ether oxygens (including phenoxy) is 1. The van der Waals surface area contributed by atoms with Gasteiger partial charge in [0.1, 0.15) is 24.4 Å². The molecule has 260 valence electrons. The summed E-state index contributed by atoms with van der Waals surface area (Å²) in [6.07, 6.45) is 18.5. The lowest BCUT2D eigenvalue weighted by atomic mass is 9.95. The number of carbonyl (C=O) groups is 2. The Hall–Kier alpha value is -1.46. The molecule has 0 saturated carbocycles. The summed E-state index contributed by atoms with van der Waals surface area (Å²) >= 11 is 0. The monoisotopic (exact) mass is 629 g/mol. The zero-order chi connectivity index (χ0) is 32.6. The highest BCUT2D eigenvalue weighted by atomic mass is 16.5. The molecule has 10 heteroatoms. The third-order valence-corrected chi connectivity index (χ3v) is 8.75. The molecule has 0 radical (unpaired) electrons. The molecule has 44 heavy (non-hydrogen) atoms. The Morgan fingerprint density at radius 3 is 1.66 bits per heavy atom. The zero-order valence-corrected chi connectivity index (χ0v) is 28.3. The summed E-state index contributed by atoms with van der Waals surface area (Å²) in [6.45, 7) is 6.32. The van der Waals surface area contributed by atoms with Crippen molar-refractivity contribution in [1.82, 2.24) is 15.5 Å². The van der Waals surface area contributed by atoms with Gasteiger partial charge in [-0.2, -0.15) is 0 Å². The summed E-state index contributed by atoms with van der Waals surface area (Å²) in [7, 11) is 0. The summed E-state index contributed by atoms with van der Waals surface area (Å²) in [5.74, 6) is -0.526. The topological polar surface area (TPSA) is 157 Å². The number of urea groups is 1. The summed E-state index contributed by atoms with van der Waals surface area (Å²) < 4.78 is 5.99. The Kier molecular flexibility index (Phi) is 23.7. The van der Waals surface area contributed by atoms with Crippen LogP contribution in [0.4, 0.5) is 4.79 Å². The van der Waals surface area contributed by atoms with Crippen molar-refractivity contribution in [2.75, 3.05) is 19.7 Å². The molecule has 1 aliphatic heterocycles. The fraction of sp³-hybridized carbons (Fsp3) is 0.941. The highest BCUT2D eigenvalue weighted by molar-refractivity contribution is 5.81. The van der Waals surface area contributed by atoms with Crippen LogP contribution in [0.2, 0.25) is 0 Å². The predicted octanol–water partition coefficient (Wildman–Crippen LogP) is 5.11. The summed E-state index contributed by atoms with van der Waals surface area (Å²) in [6, 6.07) is -2.30. The summed E-state index contributed by atoms with van der Waals surface area (Å²) in [5, 5.41) is 37.0. The normalized spacial score (nSPS) is 22.5. The fourth-order valence-electron chi connectivity index (χ4n) is 5.84. The molecule has 0 aromatic carbocycles. The second kappa shape index (κ2) is 25.7. The van der Waals surface area contributed by atoms with Crippen LogP contribution in [-0.2, 0) is 9.53 Å². The van der Waals surface area contributed by atoms with E-state index in [0.717, 1.165) is 44.9 Å². The molecule has 0 unspecified atom stereocenters. The minimum atomic E-state index is -1.45. The molecule has 1 rings (SSSR count). The van der Waals surface area contributed by atoms with E-state index in [1.54, 1.807) is 0 Å². The number of hydrogen-bond donors (Lipinski definition) is 6. The maximum absolute atomic E-state index is 13.5. The molecule has 0 spiro atoms. The van der Waals surface area contributed by atoms with Gasteiger partial charge in [0.2, 0.25) is 5.91 Å². The quantitative estimate of drug-likeness (QED) is 0.0727. The molecule has 6 atom stereocenters. The first-order valence-electron chi connectivity index (χ1n) is 18.0. The van der Waals surface area contributed by atoms with E-state index in [1.165, 1.54) is 95.3 Å². The first-order valence-corrected chi connectivity index (χ1v) is 18.0. The smallest absolute Gasteiger partial charge is 0.319 e. The summed E-state index contributed by atoms with van der Waals surface area (Å²) in [4.78, 5) is 27.6. The van der Waals surface area contributed by atoms with Crippen LogP contribution < -0.4 is 16.4 Å². The average Bonchev–Trinajstić information content (AvgIpc) is 3.01. The molecule has 1 saturated heterocycles. The van der Waals surface area contributed by atoms with Gasteiger partial charge in [-0.1, -0.05) is 129 Å². The minimum absolute atomic E-state index is 0.345. The first kappa shape index (κ1) is 40.6. The average molecular weight is 629 g/mol. The Morgan fingerprint density at radius 2 is 1.20 bits per heavy atom. The van der Waals surface area contributed by atoms with E-state index >= 15 is 0 Å². The highest BCUT2D eigenvalue weighted by Crippen LogP contribution is 2.25. The van der Waals surface area contributed by atoms with Crippen LogP contribution in [0.5, 0.6) is 0 Å². The van der Waals surface area contributed by atoms with Gasteiger partial charge in [0, 0.05) is 13.1 Å². The lowest BCUT2D eigenvalue weighted by Crippen LogP contribution is -2.70. The third-order valence-electron chi connectivity index (χ3n) is 8.75. The zero-order valence-electron chi connectivity index (χ0n) is 28.3. The second-order valence-electron chi connectivity index (χ2n) is 12.8. The van der Waals surface area contributed by atoms with Gasteiger partial charge in [0.25, 0.3) is 0 Å². The van der Waals surface area contributed by atoms with Crippen molar-refractivity contribution >= 4 is 11.9 Å². The van der Waals surface area contributed by atoms with Gasteiger partial charge in [-0.3, -0.25) is 9.69 Å². The largest absolute Gasteiger partial charge is 0.394 e. The van der Waals surface area contributed by atoms with Crippen molar-refractivity contribution in [3.8, 4) is 0 Å². The number of unbranched alkanes of at least 4 members (excludes halogenated alkanes) is 18. The van der Waals surface area contributed by atoms with Crippen molar-refractivity contribution in [2.45, 2.75) is 186 Å². The van der Waals surface area contributed by atoms with Crippen molar-refractivity contribution < 1.29 is 29.6 Å². The maximum Gasteiger partial charge on any atom is 0.319 e. The third kappa shape index (κ3) is 16.7. The molecule has 0 bridgehead atoms. The Bertz CT molecular complexity index is 728. The number of hydrogen-bond acceptors (Lipinski definition) is 7. The molecule has 7 N–H and O–H groups in total. The van der Waals surface area contributed by atoms with Crippen molar-refractivity contribution in [2.24, 2.45) is 5.73 Å². The van der Waals surface area contributed by atoms with Crippen LogP contribution in [0.3, 0.4) is 0 Å². The van der Waals surface area contributed by atoms with Crippen molar-refractivity contribution in [1.29, 1.82) is 0 Å². The Morgan fingerprint density at radius 1 is 0.750 bits per heavy atom. The Labute approximate surface area is 268 Å². The van der Waals surface area contributed by atoms with Crippen molar-refractivity contribution in [3.63, 3.8) is 0 Å². The standard InChI is InChI=1S/C34H68N4O6/c1-4-6-8-10-12-14-16-18-20-22-24-36-34(43)38(25-23-21-19-17-15-13-11-9-7-5-2)33-29(37-32(42)27(3)35)31(41)30(40)28(26-39)44-33/h27-31,33,39-41H,4-26,35H2,1-3H3,(H,36,43)(H,37,42)/t27-,28+,29+,30+,31+,33+/m0/s1. The van der Waals surface area contributed by atoms with Crippen molar-refractivity contribution in [3.05, 3.63) is 0 Å². The molecule has 10 nitrogen and oxygen atoms in total. The van der Waals surface area contributed by atoms with Crippen LogP contribution in [0.15, 0.2) is 0 Å². The Balaban J connectivity index is 2.74. The van der Waals surface area contributed by atoms with Crippen LogP contribution in [0.25, 0.3) is 0 Å². The van der Waals surface area contributed by atoms with Gasteiger partial charge in [0.05, 0.1) is 12.6 Å². The van der Waals surface area contributed by atoms with E-state index < -0.39 is 49.1 Å². The van der Waals surface area contributed by atoms with Crippen LogP contribution in [0, 0.1) is 0 Å². The van der Waals surface area contributed by atoms with E-state index in [1.807, 2.05) is 0 Å². The van der Waals surface area contributed by atoms with Crippen LogP contribution >= 0.6 is 0 Å². The number of aliphatic hydroxyl groups is 3. The number of amides is 3. The van der Waals surface area contributed by atoms with E-state index in [-0.39, 0.29) is 6.03 Å². The van der Waals surface area contributed by atoms with Gasteiger partial charge >= 0.3 is 6.03 Å². The fourth-order valence-corrected chi connectivity index (χ4v) is 5.84. The van der Waals surface area contributed by atoms with E-state index in [2.05, 4.69) is 24.5 Å². The van der Waals surface area contributed by atoms with E-state index in [9.17, 15) is 24.9 Å². The number of nitrogens with zero attached hydrogens (tertiary/aromatic N) is 1. The predicted molar refractivity (Wildman–Crippen MR) is 177 cm³/mol. The van der Waals surface area contributed by atoms with E-state index in [4.69, 9.17) is 10.5 Å². The number of carbonyl (C=O) groups excluding carboxylic acids is 2. The van der Waals surface area contributed by atoms with Crippen LogP contribution in [-0.4, -0.2) is 88.5 Å². The molecule has 0 aliphatic carbocycles. The number of nitrogens with one attached hydrogen (secondary N) is 2. The lowest BCUT2D eigenvalue weighted by molar-refractivity contribution is -0.224. The second-order valence-corrected chi connectivity index (χ2v) is 12.8. The van der Waals surface area contributed by atoms with Gasteiger partial charge in [-0.05, 0) is 19.8 Å². The molecular weight excluding hydrogens is 560 g/mol. The molecule has 1 fully saturated rings. The molecule has 1 heterocycles. The minimum Gasteiger partial charge on any atom is -0.394 e. The SMILES string of the molecule is CCCCCCCCCCCCNC(=O)N(CCCCCCCCCCCC)[C@@H]1O[C@H](CO)[C@@H](O)[C@H](O)[C@H]1NC(=O)[C@H](C)N. The van der Waals surface area contributed by atoms with Gasteiger partial charge in [-0.25, -0.2) is 4.79 Å². The molecule has 1 aliphatic rings. The molecule has 0 aromatic rings. The highest BCUT2D eigenvalue weighted by Gasteiger charge is 2.48. The number of aliphatic hydroxyl groups excluding tert-OH is 3. The number of nitrogens with two attached hydrogens (primary N) is 1. The van der Waals surface area contributed by atoms with Gasteiger partial charge in [-0.15, -0.1) is 0 Å².